The van der Waals surface area contributed by atoms with E-state index in [1.807, 2.05) is 12.1 Å². The Labute approximate surface area is 95.4 Å². The fraction of sp³-hybridized carbons (Fsp3) is 0.462. The number of hydrogen-bond acceptors (Lipinski definition) is 3. The number of hydrogen-bond donors (Lipinski definition) is 0. The highest BCUT2D eigenvalue weighted by Gasteiger charge is 2.28. The molecule has 1 aromatic carbocycles. The van der Waals surface area contributed by atoms with Crippen LogP contribution in [0.2, 0.25) is 0 Å². The molecule has 0 radical (unpaired) electrons. The first-order chi connectivity index (χ1) is 7.76. The van der Waals surface area contributed by atoms with E-state index in [1.54, 1.807) is 13.2 Å². The van der Waals surface area contributed by atoms with Crippen molar-refractivity contribution in [3.05, 3.63) is 23.8 Å². The Bertz CT molecular complexity index is 398. The molecule has 1 unspecified atom stereocenters. The van der Waals surface area contributed by atoms with E-state index in [9.17, 15) is 4.79 Å². The van der Waals surface area contributed by atoms with Gasteiger partial charge in [-0.3, -0.25) is 4.79 Å². The van der Waals surface area contributed by atoms with Crippen LogP contribution in [0.25, 0.3) is 0 Å². The van der Waals surface area contributed by atoms with Crippen LogP contribution >= 0.6 is 0 Å². The normalized spacial score (nSPS) is 18.9. The molecular weight excluding hydrogens is 204 g/mol. The van der Waals surface area contributed by atoms with Gasteiger partial charge < -0.3 is 9.47 Å². The molecular formula is C13H16O3. The third-order valence-electron chi connectivity index (χ3n) is 2.80. The Morgan fingerprint density at radius 3 is 3.00 bits per heavy atom. The summed E-state index contributed by atoms with van der Waals surface area (Å²) in [5.74, 6) is 1.39. The van der Waals surface area contributed by atoms with Crippen molar-refractivity contribution in [3.63, 3.8) is 0 Å². The van der Waals surface area contributed by atoms with E-state index in [4.69, 9.17) is 9.47 Å². The molecule has 0 spiro atoms. The van der Waals surface area contributed by atoms with Crippen molar-refractivity contribution in [3.8, 4) is 11.5 Å². The lowest BCUT2D eigenvalue weighted by Crippen LogP contribution is -2.27. The maximum atomic E-state index is 12.0. The van der Waals surface area contributed by atoms with Crippen LogP contribution in [-0.2, 0) is 0 Å². The minimum atomic E-state index is 0.0251. The lowest BCUT2D eigenvalue weighted by Gasteiger charge is -2.25. The summed E-state index contributed by atoms with van der Waals surface area (Å²) >= 11 is 0. The quantitative estimate of drug-likeness (QED) is 0.785. The summed E-state index contributed by atoms with van der Waals surface area (Å²) in [6.07, 6.45) is 2.43. The van der Waals surface area contributed by atoms with E-state index in [2.05, 4.69) is 6.92 Å². The maximum Gasteiger partial charge on any atom is 0.174 e. The number of Topliss-reactive ketones (excluding diaryl/α,β-unsaturated/α-hetero) is 1. The zero-order valence-electron chi connectivity index (χ0n) is 9.66. The summed E-state index contributed by atoms with van der Waals surface area (Å²) in [5, 5.41) is 0. The Morgan fingerprint density at radius 2 is 2.31 bits per heavy atom. The van der Waals surface area contributed by atoms with Crippen LogP contribution in [0.15, 0.2) is 18.2 Å². The van der Waals surface area contributed by atoms with Gasteiger partial charge in [-0.2, -0.15) is 0 Å². The van der Waals surface area contributed by atoms with Gasteiger partial charge in [0, 0.05) is 6.42 Å². The van der Waals surface area contributed by atoms with E-state index in [0.717, 1.165) is 12.8 Å². The minimum Gasteiger partial charge on any atom is -0.496 e. The first-order valence-electron chi connectivity index (χ1n) is 5.63. The molecule has 1 aromatic rings. The van der Waals surface area contributed by atoms with Crippen LogP contribution in [-0.4, -0.2) is 19.0 Å². The van der Waals surface area contributed by atoms with Gasteiger partial charge in [-0.15, -0.1) is 0 Å². The van der Waals surface area contributed by atoms with Crippen molar-refractivity contribution < 1.29 is 14.3 Å². The summed E-state index contributed by atoms with van der Waals surface area (Å²) in [4.78, 5) is 12.0. The summed E-state index contributed by atoms with van der Waals surface area (Å²) in [7, 11) is 1.57. The molecule has 0 bridgehead atoms. The number of ether oxygens (including phenoxy) is 2. The third kappa shape index (κ3) is 1.90. The smallest absolute Gasteiger partial charge is 0.174 e. The number of fused-ring (bicyclic) bond motifs is 1. The van der Waals surface area contributed by atoms with E-state index < -0.39 is 0 Å². The Kier molecular flexibility index (Phi) is 3.13. The second kappa shape index (κ2) is 4.56. The highest BCUT2D eigenvalue weighted by Crippen LogP contribution is 2.35. The maximum absolute atomic E-state index is 12.0. The molecule has 0 saturated heterocycles. The van der Waals surface area contributed by atoms with Gasteiger partial charge in [0.2, 0.25) is 0 Å². The van der Waals surface area contributed by atoms with Crippen LogP contribution < -0.4 is 9.47 Å². The highest BCUT2D eigenvalue weighted by atomic mass is 16.5. The summed E-state index contributed by atoms with van der Waals surface area (Å²) in [6, 6.07) is 5.47. The van der Waals surface area contributed by atoms with Gasteiger partial charge in [0.15, 0.2) is 5.78 Å². The van der Waals surface area contributed by atoms with Gasteiger partial charge in [0.25, 0.3) is 0 Å². The first-order valence-corrected chi connectivity index (χ1v) is 5.63. The van der Waals surface area contributed by atoms with Crippen LogP contribution in [0, 0.1) is 0 Å². The van der Waals surface area contributed by atoms with Gasteiger partial charge >= 0.3 is 0 Å². The molecule has 3 heteroatoms. The number of methoxy groups -OCH3 is 1. The fourth-order valence-corrected chi connectivity index (χ4v) is 2.07. The van der Waals surface area contributed by atoms with E-state index in [-0.39, 0.29) is 11.9 Å². The standard InChI is InChI=1S/C13H16O3/c1-3-5-9-8-10(14)13-11(15-2)6-4-7-12(13)16-9/h4,6-7,9H,3,5,8H2,1-2H3. The van der Waals surface area contributed by atoms with Gasteiger partial charge in [-0.25, -0.2) is 0 Å². The van der Waals surface area contributed by atoms with Crippen molar-refractivity contribution in [2.45, 2.75) is 32.3 Å². The molecule has 1 atom stereocenters. The zero-order valence-corrected chi connectivity index (χ0v) is 9.66. The predicted molar refractivity (Wildman–Crippen MR) is 61.3 cm³/mol. The molecule has 1 aliphatic heterocycles. The lowest BCUT2D eigenvalue weighted by atomic mass is 9.97. The van der Waals surface area contributed by atoms with Gasteiger partial charge in [-0.1, -0.05) is 19.4 Å². The van der Waals surface area contributed by atoms with Gasteiger partial charge in [0.05, 0.1) is 7.11 Å². The molecule has 16 heavy (non-hydrogen) atoms. The average molecular weight is 220 g/mol. The highest BCUT2D eigenvalue weighted by molar-refractivity contribution is 6.02. The first kappa shape index (κ1) is 11.0. The minimum absolute atomic E-state index is 0.0251. The average Bonchev–Trinajstić information content (AvgIpc) is 2.28. The number of benzene rings is 1. The SMILES string of the molecule is CCCC1CC(=O)c2c(OC)cccc2O1. The van der Waals surface area contributed by atoms with Crippen LogP contribution in [0.3, 0.4) is 0 Å². The predicted octanol–water partition coefficient (Wildman–Crippen LogP) is 2.83. The number of ketones is 1. The van der Waals surface area contributed by atoms with Crippen LogP contribution in [0.4, 0.5) is 0 Å². The van der Waals surface area contributed by atoms with Crippen molar-refractivity contribution in [1.29, 1.82) is 0 Å². The van der Waals surface area contributed by atoms with Crippen molar-refractivity contribution in [1.82, 2.24) is 0 Å². The molecule has 0 saturated carbocycles. The molecule has 0 amide bonds. The molecule has 0 aliphatic carbocycles. The largest absolute Gasteiger partial charge is 0.496 e. The molecule has 1 heterocycles. The Hall–Kier alpha value is -1.51. The fourth-order valence-electron chi connectivity index (χ4n) is 2.07. The number of rotatable bonds is 3. The van der Waals surface area contributed by atoms with Crippen molar-refractivity contribution >= 4 is 5.78 Å². The summed E-state index contributed by atoms with van der Waals surface area (Å²) in [5.41, 5.74) is 0.595. The molecule has 0 N–H and O–H groups in total. The van der Waals surface area contributed by atoms with Crippen molar-refractivity contribution in [2.75, 3.05) is 7.11 Å². The van der Waals surface area contributed by atoms with E-state index in [0.29, 0.717) is 23.5 Å². The second-order valence-corrected chi connectivity index (χ2v) is 3.99. The number of carbonyl (C=O) groups is 1. The number of carbonyl (C=O) groups excluding carboxylic acids is 1. The van der Waals surface area contributed by atoms with Crippen molar-refractivity contribution in [2.24, 2.45) is 0 Å². The lowest BCUT2D eigenvalue weighted by molar-refractivity contribution is 0.0833. The third-order valence-corrected chi connectivity index (χ3v) is 2.80. The molecule has 0 fully saturated rings. The molecule has 1 aliphatic rings. The molecule has 86 valence electrons. The second-order valence-electron chi connectivity index (χ2n) is 3.99. The Morgan fingerprint density at radius 1 is 1.50 bits per heavy atom. The molecule has 2 rings (SSSR count). The monoisotopic (exact) mass is 220 g/mol. The topological polar surface area (TPSA) is 35.5 Å². The van der Waals surface area contributed by atoms with E-state index in [1.165, 1.54) is 0 Å². The van der Waals surface area contributed by atoms with Crippen LogP contribution in [0.1, 0.15) is 36.5 Å². The van der Waals surface area contributed by atoms with Crippen LogP contribution in [0.5, 0.6) is 11.5 Å². The summed E-state index contributed by atoms with van der Waals surface area (Å²) < 4.78 is 11.0. The Balaban J connectivity index is 2.34. The summed E-state index contributed by atoms with van der Waals surface area (Å²) in [6.45, 7) is 2.09. The van der Waals surface area contributed by atoms with Gasteiger partial charge in [-0.05, 0) is 18.6 Å². The molecule has 0 aromatic heterocycles. The molecule has 3 nitrogen and oxygen atoms in total. The van der Waals surface area contributed by atoms with Gasteiger partial charge in [0.1, 0.15) is 23.2 Å². The van der Waals surface area contributed by atoms with E-state index >= 15 is 0 Å². The zero-order chi connectivity index (χ0) is 11.5.